The molecule has 3 aromatic rings. The highest BCUT2D eigenvalue weighted by Gasteiger charge is 2.20. The average molecular weight is 412 g/mol. The highest BCUT2D eigenvalue weighted by atomic mass is 16.5. The van der Waals surface area contributed by atoms with Crippen LogP contribution in [0.3, 0.4) is 0 Å². The molecule has 9 heteroatoms. The first-order valence-corrected chi connectivity index (χ1v) is 10.3. The van der Waals surface area contributed by atoms with Gasteiger partial charge < -0.3 is 20.2 Å². The van der Waals surface area contributed by atoms with Crippen LogP contribution in [0.15, 0.2) is 29.1 Å². The Labute approximate surface area is 174 Å². The number of likely N-dealkylation sites (tertiary alicyclic amines) is 1. The maximum Gasteiger partial charge on any atom is 0.328 e. The van der Waals surface area contributed by atoms with Gasteiger partial charge in [0.1, 0.15) is 12.1 Å². The third kappa shape index (κ3) is 4.17. The van der Waals surface area contributed by atoms with Crippen LogP contribution in [0.5, 0.6) is 6.01 Å². The molecule has 3 heterocycles. The van der Waals surface area contributed by atoms with Gasteiger partial charge in [-0.25, -0.2) is 4.79 Å². The lowest BCUT2D eigenvalue weighted by molar-refractivity contribution is 0.141. The minimum Gasteiger partial charge on any atom is -0.461 e. The summed E-state index contributed by atoms with van der Waals surface area (Å²) in [5.41, 5.74) is 8.89. The minimum absolute atomic E-state index is 0.125. The molecule has 0 amide bonds. The zero-order valence-electron chi connectivity index (χ0n) is 17.4. The van der Waals surface area contributed by atoms with Gasteiger partial charge in [-0.3, -0.25) is 9.47 Å². The number of nitrogens with zero attached hydrogens (tertiary/aromatic N) is 4. The van der Waals surface area contributed by atoms with Gasteiger partial charge in [0.05, 0.1) is 12.6 Å². The molecule has 3 N–H and O–H groups in total. The third-order valence-corrected chi connectivity index (χ3v) is 5.52. The van der Waals surface area contributed by atoms with Crippen LogP contribution in [0.1, 0.15) is 36.9 Å². The fourth-order valence-corrected chi connectivity index (χ4v) is 3.94. The Morgan fingerprint density at radius 2 is 2.03 bits per heavy atom. The highest BCUT2D eigenvalue weighted by Crippen LogP contribution is 2.25. The van der Waals surface area contributed by atoms with Crippen molar-refractivity contribution in [2.75, 3.05) is 39.1 Å². The Kier molecular flexibility index (Phi) is 6.01. The monoisotopic (exact) mass is 412 g/mol. The molecule has 1 atom stereocenters. The summed E-state index contributed by atoms with van der Waals surface area (Å²) < 4.78 is 12.1. The predicted octanol–water partition coefficient (Wildman–Crippen LogP) is 1.93. The van der Waals surface area contributed by atoms with E-state index in [2.05, 4.69) is 32.0 Å². The van der Waals surface area contributed by atoms with Gasteiger partial charge in [-0.05, 0) is 44.0 Å². The molecule has 1 saturated heterocycles. The quantitative estimate of drug-likeness (QED) is 0.544. The lowest BCUT2D eigenvalue weighted by Crippen LogP contribution is -2.22. The topological polar surface area (TPSA) is 111 Å². The number of fused-ring (bicyclic) bond motifs is 1. The number of ether oxygens (including phenoxy) is 2. The van der Waals surface area contributed by atoms with E-state index in [0.29, 0.717) is 24.4 Å². The summed E-state index contributed by atoms with van der Waals surface area (Å²) in [6.07, 6.45) is 2.52. The summed E-state index contributed by atoms with van der Waals surface area (Å²) in [7, 11) is 1.59. The number of rotatable bonds is 8. The van der Waals surface area contributed by atoms with Crippen molar-refractivity contribution in [1.82, 2.24) is 24.4 Å². The molecular formula is C21H28N6O3. The Bertz CT molecular complexity index is 1070. The first kappa shape index (κ1) is 20.4. The van der Waals surface area contributed by atoms with Crippen molar-refractivity contribution in [3.63, 3.8) is 0 Å². The molecule has 1 unspecified atom stereocenters. The van der Waals surface area contributed by atoms with E-state index in [1.54, 1.807) is 11.7 Å². The van der Waals surface area contributed by atoms with Gasteiger partial charge >= 0.3 is 11.7 Å². The van der Waals surface area contributed by atoms with Gasteiger partial charge in [-0.2, -0.15) is 9.97 Å². The molecule has 2 aromatic heterocycles. The van der Waals surface area contributed by atoms with Crippen LogP contribution in [0.4, 0.5) is 5.82 Å². The summed E-state index contributed by atoms with van der Waals surface area (Å²) in [6.45, 7) is 5.89. The number of aromatic nitrogens is 4. The molecule has 0 spiro atoms. The smallest absolute Gasteiger partial charge is 0.328 e. The van der Waals surface area contributed by atoms with Crippen molar-refractivity contribution >= 4 is 17.0 Å². The van der Waals surface area contributed by atoms with Gasteiger partial charge in [-0.15, -0.1) is 0 Å². The predicted molar refractivity (Wildman–Crippen MR) is 115 cm³/mol. The number of anilines is 1. The lowest BCUT2D eigenvalue weighted by atomic mass is 10.0. The van der Waals surface area contributed by atoms with Crippen molar-refractivity contribution in [2.45, 2.75) is 32.4 Å². The summed E-state index contributed by atoms with van der Waals surface area (Å²) in [4.78, 5) is 26.6. The summed E-state index contributed by atoms with van der Waals surface area (Å²) >= 11 is 0. The van der Waals surface area contributed by atoms with Gasteiger partial charge in [0, 0.05) is 13.7 Å². The number of nitrogen functional groups attached to an aromatic ring is 1. The average Bonchev–Trinajstić information content (AvgIpc) is 3.35. The molecule has 0 saturated carbocycles. The summed E-state index contributed by atoms with van der Waals surface area (Å²) in [5, 5.41) is 0. The van der Waals surface area contributed by atoms with Crippen molar-refractivity contribution in [2.24, 2.45) is 0 Å². The number of benzene rings is 1. The van der Waals surface area contributed by atoms with E-state index in [1.165, 1.54) is 18.4 Å². The Morgan fingerprint density at radius 1 is 1.23 bits per heavy atom. The van der Waals surface area contributed by atoms with Crippen LogP contribution in [0, 0.1) is 0 Å². The molecule has 9 nitrogen and oxygen atoms in total. The van der Waals surface area contributed by atoms with Crippen LogP contribution in [0.25, 0.3) is 11.2 Å². The zero-order valence-corrected chi connectivity index (χ0v) is 17.4. The molecule has 0 radical (unpaired) electrons. The standard InChI is InChI=1S/C21H28N6O3/c1-14(16-7-5-6-15(12-16)13-26-8-3-4-9-26)27-19-17(23-21(27)28)18(22)24-20(25-19)30-11-10-29-2/h5-7,12,14H,3-4,8-11,13H2,1-2H3,(H,23,28)(H2,22,24,25). The maximum absolute atomic E-state index is 12.8. The molecule has 1 aliphatic heterocycles. The Hall–Kier alpha value is -2.91. The van der Waals surface area contributed by atoms with E-state index in [1.807, 2.05) is 19.1 Å². The lowest BCUT2D eigenvalue weighted by Gasteiger charge is -2.18. The van der Waals surface area contributed by atoms with Gasteiger partial charge in [-0.1, -0.05) is 24.3 Å². The molecule has 30 heavy (non-hydrogen) atoms. The van der Waals surface area contributed by atoms with E-state index in [0.717, 1.165) is 25.2 Å². The van der Waals surface area contributed by atoms with Gasteiger partial charge in [0.2, 0.25) is 0 Å². The van der Waals surface area contributed by atoms with Crippen molar-refractivity contribution in [1.29, 1.82) is 0 Å². The Balaban J connectivity index is 1.66. The van der Waals surface area contributed by atoms with Crippen LogP contribution in [-0.4, -0.2) is 57.8 Å². The van der Waals surface area contributed by atoms with Crippen LogP contribution < -0.4 is 16.2 Å². The van der Waals surface area contributed by atoms with Crippen LogP contribution in [-0.2, 0) is 11.3 Å². The second-order valence-corrected chi connectivity index (χ2v) is 7.64. The SMILES string of the molecule is COCCOc1nc(N)c2[nH]c(=O)n(C(C)c3cccc(CN4CCCC4)c3)c2n1. The first-order chi connectivity index (χ1) is 14.6. The van der Waals surface area contributed by atoms with E-state index < -0.39 is 0 Å². The number of nitrogens with one attached hydrogen (secondary N) is 1. The molecule has 1 fully saturated rings. The van der Waals surface area contributed by atoms with Crippen molar-refractivity contribution in [3.8, 4) is 6.01 Å². The molecule has 1 aliphatic rings. The molecular weight excluding hydrogens is 384 g/mol. The molecule has 160 valence electrons. The number of nitrogens with two attached hydrogens (primary N) is 1. The molecule has 0 bridgehead atoms. The van der Waals surface area contributed by atoms with Crippen molar-refractivity contribution < 1.29 is 9.47 Å². The van der Waals surface area contributed by atoms with E-state index in [4.69, 9.17) is 15.2 Å². The highest BCUT2D eigenvalue weighted by molar-refractivity contribution is 5.82. The van der Waals surface area contributed by atoms with Gasteiger partial charge in [0.25, 0.3) is 0 Å². The van der Waals surface area contributed by atoms with E-state index in [9.17, 15) is 4.79 Å². The zero-order chi connectivity index (χ0) is 21.1. The van der Waals surface area contributed by atoms with E-state index >= 15 is 0 Å². The normalized spacial score (nSPS) is 15.7. The largest absolute Gasteiger partial charge is 0.461 e. The molecule has 1 aromatic carbocycles. The summed E-state index contributed by atoms with van der Waals surface area (Å²) in [6, 6.07) is 8.26. The second kappa shape index (κ2) is 8.85. The number of hydrogen-bond acceptors (Lipinski definition) is 7. The maximum atomic E-state index is 12.8. The number of imidazole rings is 1. The Morgan fingerprint density at radius 3 is 2.80 bits per heavy atom. The molecule has 0 aliphatic carbocycles. The number of hydrogen-bond donors (Lipinski definition) is 2. The van der Waals surface area contributed by atoms with Crippen molar-refractivity contribution in [3.05, 3.63) is 45.9 Å². The fourth-order valence-electron chi connectivity index (χ4n) is 3.94. The fraction of sp³-hybridized carbons (Fsp3) is 0.476. The number of methoxy groups -OCH3 is 1. The molecule has 4 rings (SSSR count). The van der Waals surface area contributed by atoms with Gasteiger partial charge in [0.15, 0.2) is 11.5 Å². The number of aromatic amines is 1. The second-order valence-electron chi connectivity index (χ2n) is 7.64. The van der Waals surface area contributed by atoms with Crippen LogP contribution in [0.2, 0.25) is 0 Å². The minimum atomic E-state index is -0.280. The first-order valence-electron chi connectivity index (χ1n) is 10.3. The van der Waals surface area contributed by atoms with E-state index in [-0.39, 0.29) is 23.6 Å². The number of H-pyrrole nitrogens is 1. The third-order valence-electron chi connectivity index (χ3n) is 5.52. The summed E-state index contributed by atoms with van der Waals surface area (Å²) in [5.74, 6) is 0.179. The van der Waals surface area contributed by atoms with Crippen LogP contribution >= 0.6 is 0 Å².